The maximum Gasteiger partial charge on any atom is 0.245 e. The third kappa shape index (κ3) is 5.11. The van der Waals surface area contributed by atoms with Crippen molar-refractivity contribution in [2.45, 2.75) is 26.2 Å². The Labute approximate surface area is 169 Å². The fourth-order valence-corrected chi connectivity index (χ4v) is 3.23. The van der Waals surface area contributed by atoms with E-state index in [2.05, 4.69) is 42.1 Å². The van der Waals surface area contributed by atoms with Crippen LogP contribution in [0.1, 0.15) is 30.9 Å². The standard InChI is InChI=1S/C20H22ClN3O2S/c1-12(2)13-3-6-17(7-4-13)22-20(27)24-23-19(25)15-9-14-10-16(21)5-8-18(14)26-11-15/h3-8,10,12,15H,9,11H2,1-2H3,(H,23,25)(H2,22,24,27)/t15-/m1/s1. The number of halogens is 1. The molecule has 0 aliphatic carbocycles. The lowest BCUT2D eigenvalue weighted by molar-refractivity contribution is -0.126. The second-order valence-electron chi connectivity index (χ2n) is 6.81. The molecule has 1 heterocycles. The van der Waals surface area contributed by atoms with Crippen LogP contribution in [0.2, 0.25) is 5.02 Å². The number of thiocarbonyl (C=S) groups is 1. The summed E-state index contributed by atoms with van der Waals surface area (Å²) in [6.45, 7) is 4.61. The number of fused-ring (bicyclic) bond motifs is 1. The molecule has 0 unspecified atom stereocenters. The highest BCUT2D eigenvalue weighted by Gasteiger charge is 2.26. The predicted molar refractivity (Wildman–Crippen MR) is 112 cm³/mol. The van der Waals surface area contributed by atoms with Gasteiger partial charge in [-0.2, -0.15) is 0 Å². The summed E-state index contributed by atoms with van der Waals surface area (Å²) in [4.78, 5) is 12.4. The van der Waals surface area contributed by atoms with Crippen LogP contribution < -0.4 is 20.9 Å². The van der Waals surface area contributed by atoms with Crippen LogP contribution in [-0.4, -0.2) is 17.6 Å². The Kier molecular flexibility index (Phi) is 6.19. The fourth-order valence-electron chi connectivity index (χ4n) is 2.87. The van der Waals surface area contributed by atoms with Gasteiger partial charge in [0, 0.05) is 10.7 Å². The summed E-state index contributed by atoms with van der Waals surface area (Å²) in [6, 6.07) is 13.5. The zero-order chi connectivity index (χ0) is 19.4. The van der Waals surface area contributed by atoms with E-state index >= 15 is 0 Å². The number of nitrogens with one attached hydrogen (secondary N) is 3. The van der Waals surface area contributed by atoms with Crippen molar-refractivity contribution in [1.82, 2.24) is 10.9 Å². The number of ether oxygens (including phenoxy) is 1. The number of carbonyl (C=O) groups is 1. The van der Waals surface area contributed by atoms with Crippen molar-refractivity contribution in [2.75, 3.05) is 11.9 Å². The van der Waals surface area contributed by atoms with Crippen molar-refractivity contribution in [3.63, 3.8) is 0 Å². The van der Waals surface area contributed by atoms with Crippen molar-refractivity contribution < 1.29 is 9.53 Å². The van der Waals surface area contributed by atoms with E-state index in [-0.39, 0.29) is 11.8 Å². The molecule has 3 rings (SSSR count). The summed E-state index contributed by atoms with van der Waals surface area (Å²) < 4.78 is 5.65. The minimum atomic E-state index is -0.309. The monoisotopic (exact) mass is 403 g/mol. The third-order valence-corrected chi connectivity index (χ3v) is 4.87. The van der Waals surface area contributed by atoms with E-state index in [0.717, 1.165) is 17.0 Å². The molecule has 0 saturated carbocycles. The number of hydrogen-bond acceptors (Lipinski definition) is 3. The lowest BCUT2D eigenvalue weighted by atomic mass is 9.96. The van der Waals surface area contributed by atoms with Crippen molar-refractivity contribution in [3.8, 4) is 5.75 Å². The largest absolute Gasteiger partial charge is 0.492 e. The van der Waals surface area contributed by atoms with Gasteiger partial charge in [-0.25, -0.2) is 0 Å². The smallest absolute Gasteiger partial charge is 0.245 e. The molecule has 7 heteroatoms. The van der Waals surface area contributed by atoms with Gasteiger partial charge in [0.05, 0.1) is 5.92 Å². The van der Waals surface area contributed by atoms with E-state index < -0.39 is 0 Å². The zero-order valence-electron chi connectivity index (χ0n) is 15.2. The van der Waals surface area contributed by atoms with Crippen LogP contribution in [-0.2, 0) is 11.2 Å². The molecule has 1 amide bonds. The van der Waals surface area contributed by atoms with Crippen LogP contribution in [0.15, 0.2) is 42.5 Å². The molecule has 2 aromatic rings. The summed E-state index contributed by atoms with van der Waals surface area (Å²) in [6.07, 6.45) is 0.570. The van der Waals surface area contributed by atoms with Gasteiger partial charge in [-0.15, -0.1) is 0 Å². The SMILES string of the molecule is CC(C)c1ccc(NC(=S)NNC(=O)[C@H]2COc3ccc(Cl)cc3C2)cc1. The van der Waals surface area contributed by atoms with Crippen LogP contribution in [0.5, 0.6) is 5.75 Å². The van der Waals surface area contributed by atoms with Crippen molar-refractivity contribution >= 4 is 40.5 Å². The molecule has 1 aliphatic heterocycles. The van der Waals surface area contributed by atoms with Gasteiger partial charge in [0.15, 0.2) is 5.11 Å². The number of rotatable bonds is 3. The number of anilines is 1. The first-order valence-corrected chi connectivity index (χ1v) is 9.59. The minimum absolute atomic E-state index is 0.181. The van der Waals surface area contributed by atoms with E-state index in [1.807, 2.05) is 24.3 Å². The minimum Gasteiger partial charge on any atom is -0.492 e. The van der Waals surface area contributed by atoms with Crippen LogP contribution in [0.25, 0.3) is 0 Å². The van der Waals surface area contributed by atoms with Gasteiger partial charge >= 0.3 is 0 Å². The first-order chi connectivity index (χ1) is 12.9. The van der Waals surface area contributed by atoms with E-state index in [1.165, 1.54) is 5.56 Å². The lowest BCUT2D eigenvalue weighted by Crippen LogP contribution is -2.48. The fraction of sp³-hybridized carbons (Fsp3) is 0.300. The highest BCUT2D eigenvalue weighted by molar-refractivity contribution is 7.80. The second-order valence-corrected chi connectivity index (χ2v) is 7.65. The quantitative estimate of drug-likeness (QED) is 0.533. The Hall–Kier alpha value is -2.31. The van der Waals surface area contributed by atoms with Crippen molar-refractivity contribution in [2.24, 2.45) is 5.92 Å². The molecular weight excluding hydrogens is 382 g/mol. The van der Waals surface area contributed by atoms with E-state index in [4.69, 9.17) is 28.6 Å². The molecule has 2 aromatic carbocycles. The highest BCUT2D eigenvalue weighted by atomic mass is 35.5. The van der Waals surface area contributed by atoms with Crippen LogP contribution in [0, 0.1) is 5.92 Å². The van der Waals surface area contributed by atoms with Gasteiger partial charge in [0.25, 0.3) is 0 Å². The Morgan fingerprint density at radius 1 is 1.19 bits per heavy atom. The molecule has 0 saturated heterocycles. The summed E-state index contributed by atoms with van der Waals surface area (Å²) in [7, 11) is 0. The highest BCUT2D eigenvalue weighted by Crippen LogP contribution is 2.29. The van der Waals surface area contributed by atoms with E-state index in [9.17, 15) is 4.79 Å². The van der Waals surface area contributed by atoms with Crippen molar-refractivity contribution in [1.29, 1.82) is 0 Å². The summed E-state index contributed by atoms with van der Waals surface area (Å²) in [5, 5.41) is 4.00. The zero-order valence-corrected chi connectivity index (χ0v) is 16.8. The van der Waals surface area contributed by atoms with Gasteiger partial charge in [0.1, 0.15) is 12.4 Å². The Morgan fingerprint density at radius 2 is 1.93 bits per heavy atom. The normalized spacial score (nSPS) is 15.5. The van der Waals surface area contributed by atoms with Crippen LogP contribution in [0.3, 0.4) is 0 Å². The topological polar surface area (TPSA) is 62.4 Å². The van der Waals surface area contributed by atoms with Gasteiger partial charge in [0.2, 0.25) is 5.91 Å². The Balaban J connectivity index is 1.49. The average Bonchev–Trinajstić information content (AvgIpc) is 2.66. The molecule has 0 spiro atoms. The first kappa shape index (κ1) is 19.5. The van der Waals surface area contributed by atoms with Gasteiger partial charge in [-0.3, -0.25) is 15.6 Å². The second kappa shape index (κ2) is 8.59. The van der Waals surface area contributed by atoms with Crippen LogP contribution >= 0.6 is 23.8 Å². The molecule has 0 aromatic heterocycles. The lowest BCUT2D eigenvalue weighted by Gasteiger charge is -2.25. The number of hydrazine groups is 1. The molecule has 0 bridgehead atoms. The summed E-state index contributed by atoms with van der Waals surface area (Å²) >= 11 is 11.3. The third-order valence-electron chi connectivity index (χ3n) is 4.43. The molecule has 5 nitrogen and oxygen atoms in total. The molecular formula is C20H22ClN3O2S. The molecule has 142 valence electrons. The molecule has 1 atom stereocenters. The molecule has 3 N–H and O–H groups in total. The molecule has 0 fully saturated rings. The molecule has 27 heavy (non-hydrogen) atoms. The number of benzene rings is 2. The molecule has 1 aliphatic rings. The predicted octanol–water partition coefficient (Wildman–Crippen LogP) is 4.03. The van der Waals surface area contributed by atoms with Gasteiger partial charge < -0.3 is 10.1 Å². The van der Waals surface area contributed by atoms with E-state index in [1.54, 1.807) is 6.07 Å². The first-order valence-electron chi connectivity index (χ1n) is 8.80. The van der Waals surface area contributed by atoms with E-state index in [0.29, 0.717) is 29.1 Å². The molecule has 0 radical (unpaired) electrons. The number of carbonyl (C=O) groups excluding carboxylic acids is 1. The Morgan fingerprint density at radius 3 is 2.63 bits per heavy atom. The Bertz CT molecular complexity index is 840. The van der Waals surface area contributed by atoms with Crippen molar-refractivity contribution in [3.05, 3.63) is 58.6 Å². The van der Waals surface area contributed by atoms with Gasteiger partial charge in [-0.05, 0) is 66.0 Å². The van der Waals surface area contributed by atoms with Gasteiger partial charge in [-0.1, -0.05) is 37.6 Å². The van der Waals surface area contributed by atoms with Crippen LogP contribution in [0.4, 0.5) is 5.69 Å². The average molecular weight is 404 g/mol. The summed E-state index contributed by atoms with van der Waals surface area (Å²) in [5.41, 5.74) is 8.42. The maximum atomic E-state index is 12.4. The summed E-state index contributed by atoms with van der Waals surface area (Å²) in [5.74, 6) is 0.760. The number of amides is 1. The maximum absolute atomic E-state index is 12.4. The number of hydrogen-bond donors (Lipinski definition) is 3.